The molecule has 1 aromatic heterocycles. The van der Waals surface area contributed by atoms with E-state index in [1.54, 1.807) is 0 Å². The van der Waals surface area contributed by atoms with E-state index in [1.807, 2.05) is 50.2 Å². The molecule has 2 bridgehead atoms. The highest BCUT2D eigenvalue weighted by Gasteiger charge is 2.15. The van der Waals surface area contributed by atoms with Gasteiger partial charge < -0.3 is 23.7 Å². The summed E-state index contributed by atoms with van der Waals surface area (Å²) < 4.78 is 29.1. The van der Waals surface area contributed by atoms with Gasteiger partial charge in [0.15, 0.2) is 0 Å². The Morgan fingerprint density at radius 1 is 0.655 bits per heavy atom. The predicted molar refractivity (Wildman–Crippen MR) is 110 cm³/mol. The van der Waals surface area contributed by atoms with Gasteiger partial charge in [-0.15, -0.1) is 0 Å². The van der Waals surface area contributed by atoms with E-state index in [9.17, 15) is 0 Å². The monoisotopic (exact) mass is 398 g/mol. The Morgan fingerprint density at radius 2 is 1.14 bits per heavy atom. The smallest absolute Gasteiger partial charge is 0.147 e. The predicted octanol–water partition coefficient (Wildman–Crippen LogP) is 3.38. The lowest BCUT2D eigenvalue weighted by molar-refractivity contribution is -0.0114. The number of ether oxygens (including phenoxy) is 5. The van der Waals surface area contributed by atoms with Crippen LogP contribution < -0.4 is 9.47 Å². The maximum Gasteiger partial charge on any atom is 0.147 e. The van der Waals surface area contributed by atoms with Crippen molar-refractivity contribution in [3.8, 4) is 11.5 Å². The van der Waals surface area contributed by atoms with Gasteiger partial charge in [0.1, 0.15) is 34.7 Å². The van der Waals surface area contributed by atoms with E-state index in [1.165, 1.54) is 0 Å². The summed E-state index contributed by atoms with van der Waals surface area (Å²) in [7, 11) is 0. The normalized spacial score (nSPS) is 22.1. The highest BCUT2D eigenvalue weighted by Crippen LogP contribution is 2.30. The maximum absolute atomic E-state index is 6.11. The average molecular weight is 398 g/mol. The van der Waals surface area contributed by atoms with Crippen LogP contribution in [0.15, 0.2) is 36.4 Å². The van der Waals surface area contributed by atoms with Crippen molar-refractivity contribution in [2.24, 2.45) is 0 Å². The van der Waals surface area contributed by atoms with E-state index in [4.69, 9.17) is 33.7 Å². The van der Waals surface area contributed by atoms with Crippen molar-refractivity contribution in [2.45, 2.75) is 26.1 Å². The summed E-state index contributed by atoms with van der Waals surface area (Å²) in [4.78, 5) is 9.62. The van der Waals surface area contributed by atoms with Crippen molar-refractivity contribution in [3.63, 3.8) is 0 Å². The summed E-state index contributed by atoms with van der Waals surface area (Å²) in [5, 5.41) is 0. The molecular weight excluding hydrogens is 372 g/mol. The van der Waals surface area contributed by atoms with E-state index < -0.39 is 0 Å². The van der Waals surface area contributed by atoms with Gasteiger partial charge in [0.25, 0.3) is 0 Å². The first-order valence-corrected chi connectivity index (χ1v) is 9.97. The van der Waals surface area contributed by atoms with Crippen molar-refractivity contribution in [1.82, 2.24) is 9.97 Å². The molecule has 0 saturated carbocycles. The zero-order valence-electron chi connectivity index (χ0n) is 16.8. The quantitative estimate of drug-likeness (QED) is 0.538. The van der Waals surface area contributed by atoms with Crippen molar-refractivity contribution in [3.05, 3.63) is 36.4 Å². The molecule has 1 aliphatic heterocycles. The third kappa shape index (κ3) is 4.93. The average Bonchev–Trinajstić information content (AvgIpc) is 2.71. The Kier molecular flexibility index (Phi) is 6.39. The SMILES string of the molecule is C[C@@H]1COCCOCCOC[C@H](C)Oc2cccc3nc4cccc(c4nc23)O1. The number of hydrogen-bond donors (Lipinski definition) is 0. The summed E-state index contributed by atoms with van der Waals surface area (Å²) in [5.74, 6) is 1.35. The first-order valence-electron chi connectivity index (χ1n) is 9.97. The van der Waals surface area contributed by atoms with Crippen LogP contribution in [0.25, 0.3) is 22.1 Å². The van der Waals surface area contributed by atoms with E-state index in [0.717, 1.165) is 11.0 Å². The summed E-state index contributed by atoms with van der Waals surface area (Å²) in [6.07, 6.45) is -0.265. The molecule has 0 aliphatic carbocycles. The minimum atomic E-state index is -0.133. The highest BCUT2D eigenvalue weighted by atomic mass is 16.6. The number of nitrogens with zero attached hydrogens (tertiary/aromatic N) is 2. The number of aromatic nitrogens is 2. The Balaban J connectivity index is 1.71. The Hall–Kier alpha value is -2.48. The van der Waals surface area contributed by atoms with Crippen LogP contribution in [0, 0.1) is 0 Å². The summed E-state index contributed by atoms with van der Waals surface area (Å²) >= 11 is 0. The first-order chi connectivity index (χ1) is 14.2. The van der Waals surface area contributed by atoms with Gasteiger partial charge in [-0.25, -0.2) is 9.97 Å². The molecular formula is C22H26N2O5. The van der Waals surface area contributed by atoms with Crippen LogP contribution in [0.5, 0.6) is 11.5 Å². The van der Waals surface area contributed by atoms with Crippen molar-refractivity contribution in [1.29, 1.82) is 0 Å². The molecule has 0 saturated heterocycles. The van der Waals surface area contributed by atoms with E-state index in [0.29, 0.717) is 62.2 Å². The molecule has 3 aromatic rings. The Bertz CT molecular complexity index is 891. The van der Waals surface area contributed by atoms with Gasteiger partial charge in [-0.05, 0) is 38.1 Å². The number of rotatable bonds is 0. The molecule has 0 radical (unpaired) electrons. The lowest BCUT2D eigenvalue weighted by atomic mass is 10.2. The van der Waals surface area contributed by atoms with Gasteiger partial charge in [-0.1, -0.05) is 12.1 Å². The second kappa shape index (κ2) is 9.35. The van der Waals surface area contributed by atoms with Crippen LogP contribution in [-0.4, -0.2) is 61.8 Å². The van der Waals surface area contributed by atoms with Gasteiger partial charge in [0.05, 0.1) is 50.7 Å². The largest absolute Gasteiger partial charge is 0.486 e. The standard InChI is InChI=1S/C22H26N2O5/c1-15-13-26-11-9-25-10-12-27-14-16(2)29-20-8-4-6-18-22(20)24-21-17(23-18)5-3-7-19(21)28-15/h3-8,15-16H,9-14H2,1-2H3/t15-,16+. The lowest BCUT2D eigenvalue weighted by Gasteiger charge is -2.18. The minimum absolute atomic E-state index is 0.133. The summed E-state index contributed by atoms with van der Waals surface area (Å²) in [6.45, 7) is 6.92. The molecule has 2 atom stereocenters. The van der Waals surface area contributed by atoms with Gasteiger partial charge in [-0.3, -0.25) is 0 Å². The van der Waals surface area contributed by atoms with Gasteiger partial charge in [-0.2, -0.15) is 0 Å². The zero-order chi connectivity index (χ0) is 20.1. The molecule has 2 heterocycles. The minimum Gasteiger partial charge on any atom is -0.486 e. The van der Waals surface area contributed by atoms with Crippen LogP contribution in [-0.2, 0) is 14.2 Å². The molecule has 0 spiro atoms. The molecule has 0 amide bonds. The molecule has 154 valence electrons. The maximum atomic E-state index is 6.11. The fourth-order valence-corrected chi connectivity index (χ4v) is 3.20. The topological polar surface area (TPSA) is 71.9 Å². The van der Waals surface area contributed by atoms with Gasteiger partial charge >= 0.3 is 0 Å². The van der Waals surface area contributed by atoms with E-state index in [-0.39, 0.29) is 12.2 Å². The first kappa shape index (κ1) is 19.8. The van der Waals surface area contributed by atoms with Crippen LogP contribution >= 0.6 is 0 Å². The second-order valence-electron chi connectivity index (χ2n) is 7.09. The van der Waals surface area contributed by atoms with Crippen LogP contribution in [0.1, 0.15) is 13.8 Å². The van der Waals surface area contributed by atoms with Crippen molar-refractivity contribution < 1.29 is 23.7 Å². The zero-order valence-corrected chi connectivity index (χ0v) is 16.8. The Labute approximate surface area is 169 Å². The third-order valence-electron chi connectivity index (χ3n) is 4.53. The molecule has 1 aliphatic rings. The van der Waals surface area contributed by atoms with E-state index >= 15 is 0 Å². The third-order valence-corrected chi connectivity index (χ3v) is 4.53. The molecule has 7 nitrogen and oxygen atoms in total. The van der Waals surface area contributed by atoms with Crippen LogP contribution in [0.3, 0.4) is 0 Å². The van der Waals surface area contributed by atoms with Crippen LogP contribution in [0.2, 0.25) is 0 Å². The second-order valence-corrected chi connectivity index (χ2v) is 7.09. The summed E-state index contributed by atoms with van der Waals surface area (Å²) in [6, 6.07) is 11.5. The summed E-state index contributed by atoms with van der Waals surface area (Å²) in [5.41, 5.74) is 2.96. The van der Waals surface area contributed by atoms with Crippen molar-refractivity contribution in [2.75, 3.05) is 39.6 Å². The van der Waals surface area contributed by atoms with E-state index in [2.05, 4.69) is 0 Å². The molecule has 0 fully saturated rings. The number of para-hydroxylation sites is 2. The molecule has 2 aromatic carbocycles. The molecule has 0 N–H and O–H groups in total. The molecule has 4 rings (SSSR count). The fourth-order valence-electron chi connectivity index (χ4n) is 3.20. The lowest BCUT2D eigenvalue weighted by Crippen LogP contribution is -2.22. The highest BCUT2D eigenvalue weighted by molar-refractivity contribution is 5.92. The van der Waals surface area contributed by atoms with Crippen molar-refractivity contribution >= 4 is 22.1 Å². The van der Waals surface area contributed by atoms with Crippen LogP contribution in [0.4, 0.5) is 0 Å². The molecule has 29 heavy (non-hydrogen) atoms. The number of benzene rings is 2. The molecule has 7 heteroatoms. The Morgan fingerprint density at radius 3 is 1.66 bits per heavy atom. The molecule has 0 unspecified atom stereocenters. The van der Waals surface area contributed by atoms with Gasteiger partial charge in [0, 0.05) is 0 Å². The fraction of sp³-hybridized carbons (Fsp3) is 0.455. The number of hydrogen-bond acceptors (Lipinski definition) is 7. The van der Waals surface area contributed by atoms with Gasteiger partial charge in [0.2, 0.25) is 0 Å².